The van der Waals surface area contributed by atoms with Gasteiger partial charge in [0, 0.05) is 30.9 Å². The monoisotopic (exact) mass is 577 g/mol. The number of anilines is 1. The molecule has 0 radical (unpaired) electrons. The molecule has 1 aliphatic carbocycles. The van der Waals surface area contributed by atoms with E-state index in [1.807, 2.05) is 0 Å². The molecule has 1 heterocycles. The van der Waals surface area contributed by atoms with Crippen molar-refractivity contribution < 1.29 is 26.4 Å². The van der Waals surface area contributed by atoms with Crippen molar-refractivity contribution in [1.29, 1.82) is 0 Å². The molecule has 214 valence electrons. The van der Waals surface area contributed by atoms with Gasteiger partial charge in [0.15, 0.2) is 0 Å². The molecule has 2 N–H and O–H groups in total. The number of benzene rings is 2. The molecule has 2 fully saturated rings. The van der Waals surface area contributed by atoms with Crippen molar-refractivity contribution in [2.75, 3.05) is 38.2 Å². The minimum absolute atomic E-state index is 0.0826. The second kappa shape index (κ2) is 11.3. The van der Waals surface area contributed by atoms with E-state index in [4.69, 9.17) is 4.74 Å². The zero-order valence-electron chi connectivity index (χ0n) is 23.1. The van der Waals surface area contributed by atoms with Gasteiger partial charge >= 0.3 is 0 Å². The quantitative estimate of drug-likeness (QED) is 0.487. The molecule has 1 aliphatic heterocycles. The molecule has 39 heavy (non-hydrogen) atoms. The predicted octanol–water partition coefficient (Wildman–Crippen LogP) is 4.09. The molecular weight excluding hydrogens is 538 g/mol. The molecule has 9 nitrogen and oxygen atoms in total. The van der Waals surface area contributed by atoms with Gasteiger partial charge in [0.25, 0.3) is 5.91 Å². The molecule has 0 spiro atoms. The SMILES string of the molecule is CC1CC(C)(C)CC(C)(CNS(=O)(=O)c2ccc(C(=O)Nc3cccc(S(=O)(=O)N4CCOCC4)c3)cc2)C1. The lowest BCUT2D eigenvalue weighted by molar-refractivity contribution is 0.0648. The Hall–Kier alpha value is -2.31. The summed E-state index contributed by atoms with van der Waals surface area (Å²) < 4.78 is 61.3. The van der Waals surface area contributed by atoms with E-state index in [-0.39, 0.29) is 39.3 Å². The van der Waals surface area contributed by atoms with E-state index in [1.165, 1.54) is 40.7 Å². The Kier molecular flexibility index (Phi) is 8.58. The average Bonchev–Trinajstić information content (AvgIpc) is 2.87. The van der Waals surface area contributed by atoms with Crippen molar-refractivity contribution in [2.45, 2.75) is 56.7 Å². The number of nitrogens with one attached hydrogen (secondary N) is 2. The van der Waals surface area contributed by atoms with Crippen molar-refractivity contribution in [2.24, 2.45) is 16.7 Å². The molecule has 4 rings (SSSR count). The lowest BCUT2D eigenvalue weighted by Crippen LogP contribution is -2.43. The first-order valence-corrected chi connectivity index (χ1v) is 16.2. The maximum atomic E-state index is 13.0. The van der Waals surface area contributed by atoms with Crippen molar-refractivity contribution in [3.8, 4) is 0 Å². The number of carbonyl (C=O) groups is 1. The number of carbonyl (C=O) groups excluding carboxylic acids is 1. The molecular formula is C28H39N3O6S2. The maximum absolute atomic E-state index is 13.0. The molecule has 2 aromatic rings. The third-order valence-electron chi connectivity index (χ3n) is 7.46. The summed E-state index contributed by atoms with van der Waals surface area (Å²) in [7, 11) is -7.46. The number of rotatable bonds is 8. The molecule has 2 unspecified atom stereocenters. The Morgan fingerprint density at radius 2 is 1.64 bits per heavy atom. The smallest absolute Gasteiger partial charge is 0.255 e. The maximum Gasteiger partial charge on any atom is 0.255 e. The van der Waals surface area contributed by atoms with Crippen LogP contribution in [0.25, 0.3) is 0 Å². The third kappa shape index (κ3) is 7.26. The van der Waals surface area contributed by atoms with Crippen molar-refractivity contribution in [3.63, 3.8) is 0 Å². The predicted molar refractivity (Wildman–Crippen MR) is 151 cm³/mol. The topological polar surface area (TPSA) is 122 Å². The van der Waals surface area contributed by atoms with Crippen LogP contribution in [0.4, 0.5) is 5.69 Å². The Morgan fingerprint density at radius 3 is 2.28 bits per heavy atom. The summed E-state index contributed by atoms with van der Waals surface area (Å²) in [6.45, 7) is 10.4. The standard InChI is InChI=1S/C28H39N3O6S2/c1-21-17-27(2,3)19-28(4,18-21)20-29-38(33,34)24-10-8-22(9-11-24)26(32)30-23-6-5-7-25(16-23)39(35,36)31-12-14-37-15-13-31/h5-11,16,21,29H,12-15,17-20H2,1-4H3,(H,30,32). The number of hydrogen-bond donors (Lipinski definition) is 2. The van der Waals surface area contributed by atoms with E-state index < -0.39 is 26.0 Å². The Bertz CT molecular complexity index is 1400. The Balaban J connectivity index is 1.41. The van der Waals surface area contributed by atoms with Crippen LogP contribution in [0.1, 0.15) is 57.3 Å². The van der Waals surface area contributed by atoms with Gasteiger partial charge in [-0.2, -0.15) is 4.31 Å². The number of amides is 1. The minimum Gasteiger partial charge on any atom is -0.379 e. The number of ether oxygens (including phenoxy) is 1. The first-order chi connectivity index (χ1) is 18.2. The zero-order chi connectivity index (χ0) is 28.5. The fourth-order valence-electron chi connectivity index (χ4n) is 6.30. The van der Waals surface area contributed by atoms with E-state index >= 15 is 0 Å². The van der Waals surface area contributed by atoms with Crippen LogP contribution in [0.5, 0.6) is 0 Å². The highest BCUT2D eigenvalue weighted by Crippen LogP contribution is 2.48. The summed E-state index contributed by atoms with van der Waals surface area (Å²) in [5.41, 5.74) is 0.618. The molecule has 2 atom stereocenters. The van der Waals surface area contributed by atoms with Crippen molar-refractivity contribution in [3.05, 3.63) is 54.1 Å². The molecule has 1 amide bonds. The van der Waals surface area contributed by atoms with Crippen LogP contribution in [-0.4, -0.2) is 59.9 Å². The van der Waals surface area contributed by atoms with Gasteiger partial charge in [0.1, 0.15) is 0 Å². The summed E-state index contributed by atoms with van der Waals surface area (Å²) in [6, 6.07) is 11.8. The van der Waals surface area contributed by atoms with E-state index in [1.54, 1.807) is 12.1 Å². The van der Waals surface area contributed by atoms with Crippen LogP contribution in [0.3, 0.4) is 0 Å². The van der Waals surface area contributed by atoms with Gasteiger partial charge in [-0.3, -0.25) is 4.79 Å². The van der Waals surface area contributed by atoms with E-state index in [0.29, 0.717) is 31.4 Å². The van der Waals surface area contributed by atoms with Crippen LogP contribution in [-0.2, 0) is 24.8 Å². The highest BCUT2D eigenvalue weighted by Gasteiger charge is 2.40. The number of hydrogen-bond acceptors (Lipinski definition) is 6. The highest BCUT2D eigenvalue weighted by molar-refractivity contribution is 7.89. The largest absolute Gasteiger partial charge is 0.379 e. The number of sulfonamides is 2. The molecule has 1 saturated heterocycles. The van der Waals surface area contributed by atoms with Crippen LogP contribution < -0.4 is 10.0 Å². The normalized spacial score (nSPS) is 24.3. The van der Waals surface area contributed by atoms with Crippen molar-refractivity contribution >= 4 is 31.6 Å². The van der Waals surface area contributed by atoms with Crippen LogP contribution >= 0.6 is 0 Å². The molecule has 0 bridgehead atoms. The molecule has 1 saturated carbocycles. The molecule has 2 aliphatic rings. The Morgan fingerprint density at radius 1 is 0.974 bits per heavy atom. The van der Waals surface area contributed by atoms with Crippen molar-refractivity contribution in [1.82, 2.24) is 9.03 Å². The van der Waals surface area contributed by atoms with E-state index in [0.717, 1.165) is 19.3 Å². The summed E-state index contributed by atoms with van der Waals surface area (Å²) in [5.74, 6) is 0.0555. The molecule has 2 aromatic carbocycles. The summed E-state index contributed by atoms with van der Waals surface area (Å²) >= 11 is 0. The lowest BCUT2D eigenvalue weighted by Gasteiger charge is -2.46. The fourth-order valence-corrected chi connectivity index (χ4v) is 8.96. The van der Waals surface area contributed by atoms with Gasteiger partial charge in [-0.15, -0.1) is 0 Å². The van der Waals surface area contributed by atoms with Gasteiger partial charge < -0.3 is 10.1 Å². The lowest BCUT2D eigenvalue weighted by atomic mass is 9.61. The average molecular weight is 578 g/mol. The zero-order valence-corrected chi connectivity index (χ0v) is 24.7. The first kappa shape index (κ1) is 29.7. The van der Waals surface area contributed by atoms with E-state index in [2.05, 4.69) is 37.7 Å². The minimum atomic E-state index is -3.75. The Labute approximate surface area is 232 Å². The second-order valence-corrected chi connectivity index (χ2v) is 15.7. The summed E-state index contributed by atoms with van der Waals surface area (Å²) in [5, 5.41) is 2.71. The summed E-state index contributed by atoms with van der Waals surface area (Å²) in [4.78, 5) is 13.0. The van der Waals surface area contributed by atoms with Gasteiger partial charge in [-0.25, -0.2) is 21.6 Å². The van der Waals surface area contributed by atoms with Gasteiger partial charge in [-0.1, -0.05) is 33.8 Å². The number of morpholine rings is 1. The molecule has 11 heteroatoms. The van der Waals surface area contributed by atoms with Gasteiger partial charge in [-0.05, 0) is 78.5 Å². The van der Waals surface area contributed by atoms with Crippen LogP contribution in [0, 0.1) is 16.7 Å². The third-order valence-corrected chi connectivity index (χ3v) is 10.8. The highest BCUT2D eigenvalue weighted by atomic mass is 32.2. The van der Waals surface area contributed by atoms with Gasteiger partial charge in [0.2, 0.25) is 20.0 Å². The first-order valence-electron chi connectivity index (χ1n) is 13.3. The van der Waals surface area contributed by atoms with Crippen LogP contribution in [0.2, 0.25) is 0 Å². The van der Waals surface area contributed by atoms with E-state index in [9.17, 15) is 21.6 Å². The summed E-state index contributed by atoms with van der Waals surface area (Å²) in [6.07, 6.45) is 3.04. The second-order valence-electron chi connectivity index (χ2n) is 12.0. The van der Waals surface area contributed by atoms with Gasteiger partial charge in [0.05, 0.1) is 23.0 Å². The number of nitrogens with zero attached hydrogens (tertiary/aromatic N) is 1. The van der Waals surface area contributed by atoms with Crippen LogP contribution in [0.15, 0.2) is 58.3 Å². The molecule has 0 aromatic heterocycles. The fraction of sp³-hybridized carbons (Fsp3) is 0.536.